The number of nitrogens with zero attached hydrogens (tertiary/aromatic N) is 2. The van der Waals surface area contributed by atoms with Crippen LogP contribution in [0.5, 0.6) is 0 Å². The van der Waals surface area contributed by atoms with E-state index in [1.807, 2.05) is 17.5 Å². The predicted octanol–water partition coefficient (Wildman–Crippen LogP) is 4.30. The Bertz CT molecular complexity index is 969. The van der Waals surface area contributed by atoms with Gasteiger partial charge in [0.1, 0.15) is 5.01 Å². The Morgan fingerprint density at radius 3 is 2.79 bits per heavy atom. The lowest BCUT2D eigenvalue weighted by atomic mass is 10.1. The SMILES string of the molecule is Cc1cccc(-c2nc(CC(=O)N[C@H]3CN(Cc4ccccc4)C[C@H]3C)cs2)c1. The van der Waals surface area contributed by atoms with Crippen molar-refractivity contribution in [2.24, 2.45) is 5.92 Å². The average molecular weight is 406 g/mol. The van der Waals surface area contributed by atoms with Gasteiger partial charge in [-0.15, -0.1) is 11.3 Å². The molecule has 1 aromatic heterocycles. The molecule has 0 radical (unpaired) electrons. The van der Waals surface area contributed by atoms with E-state index in [0.29, 0.717) is 12.3 Å². The van der Waals surface area contributed by atoms with E-state index < -0.39 is 0 Å². The number of rotatable bonds is 6. The second kappa shape index (κ2) is 8.89. The molecule has 0 saturated carbocycles. The maximum atomic E-state index is 12.6. The molecule has 1 aliphatic rings. The minimum absolute atomic E-state index is 0.0597. The number of amides is 1. The van der Waals surface area contributed by atoms with Gasteiger partial charge in [0.2, 0.25) is 5.91 Å². The molecule has 1 fully saturated rings. The minimum Gasteiger partial charge on any atom is -0.351 e. The van der Waals surface area contributed by atoms with Gasteiger partial charge in [0.25, 0.3) is 0 Å². The van der Waals surface area contributed by atoms with Crippen LogP contribution in [0.15, 0.2) is 60.0 Å². The Balaban J connectivity index is 1.32. The number of thiazole rings is 1. The molecular formula is C24H27N3OS. The molecule has 1 amide bonds. The van der Waals surface area contributed by atoms with Crippen LogP contribution in [0.4, 0.5) is 0 Å². The van der Waals surface area contributed by atoms with Gasteiger partial charge in [0.05, 0.1) is 12.1 Å². The van der Waals surface area contributed by atoms with Gasteiger partial charge < -0.3 is 5.32 Å². The van der Waals surface area contributed by atoms with Crippen molar-refractivity contribution >= 4 is 17.2 Å². The van der Waals surface area contributed by atoms with Crippen molar-refractivity contribution in [2.75, 3.05) is 13.1 Å². The van der Waals surface area contributed by atoms with Gasteiger partial charge in [-0.3, -0.25) is 9.69 Å². The normalized spacial score (nSPS) is 19.4. The van der Waals surface area contributed by atoms with Crippen molar-refractivity contribution < 1.29 is 4.79 Å². The van der Waals surface area contributed by atoms with Crippen molar-refractivity contribution in [2.45, 2.75) is 32.9 Å². The molecule has 2 atom stereocenters. The zero-order valence-electron chi connectivity index (χ0n) is 17.0. The monoisotopic (exact) mass is 405 g/mol. The Morgan fingerprint density at radius 1 is 1.17 bits per heavy atom. The second-order valence-electron chi connectivity index (χ2n) is 8.02. The van der Waals surface area contributed by atoms with E-state index in [4.69, 9.17) is 0 Å². The average Bonchev–Trinajstić information content (AvgIpc) is 3.29. The van der Waals surface area contributed by atoms with Gasteiger partial charge in [-0.05, 0) is 24.5 Å². The summed E-state index contributed by atoms with van der Waals surface area (Å²) in [6, 6.07) is 19.0. The Hall–Kier alpha value is -2.50. The third-order valence-corrected chi connectivity index (χ3v) is 6.38. The van der Waals surface area contributed by atoms with E-state index >= 15 is 0 Å². The minimum atomic E-state index is 0.0597. The third-order valence-electron chi connectivity index (χ3n) is 5.44. The molecule has 3 aromatic rings. The number of carbonyl (C=O) groups is 1. The first kappa shape index (κ1) is 19.8. The van der Waals surface area contributed by atoms with E-state index in [2.05, 4.69) is 71.5 Å². The Morgan fingerprint density at radius 2 is 2.00 bits per heavy atom. The zero-order chi connectivity index (χ0) is 20.2. The largest absolute Gasteiger partial charge is 0.351 e. The van der Waals surface area contributed by atoms with E-state index in [-0.39, 0.29) is 11.9 Å². The lowest BCUT2D eigenvalue weighted by Crippen LogP contribution is -2.40. The first-order chi connectivity index (χ1) is 14.1. The summed E-state index contributed by atoms with van der Waals surface area (Å²) in [4.78, 5) is 19.7. The van der Waals surface area contributed by atoms with Crippen LogP contribution in [-0.2, 0) is 17.8 Å². The van der Waals surface area contributed by atoms with Crippen LogP contribution >= 0.6 is 11.3 Å². The molecule has 1 N–H and O–H groups in total. The zero-order valence-corrected chi connectivity index (χ0v) is 17.8. The fourth-order valence-electron chi connectivity index (χ4n) is 3.95. The lowest BCUT2D eigenvalue weighted by Gasteiger charge is -2.17. The van der Waals surface area contributed by atoms with Crippen molar-refractivity contribution in [1.82, 2.24) is 15.2 Å². The molecule has 5 heteroatoms. The number of aromatic nitrogens is 1. The van der Waals surface area contributed by atoms with Gasteiger partial charge in [0, 0.05) is 36.6 Å². The summed E-state index contributed by atoms with van der Waals surface area (Å²) in [5.74, 6) is 0.505. The molecule has 1 saturated heterocycles. The standard InChI is InChI=1S/C24H27N3OS/c1-17-7-6-10-20(11-17)24-25-21(16-29-24)12-23(28)26-22-15-27(13-18(22)2)14-19-8-4-3-5-9-19/h3-11,16,18,22H,12-15H2,1-2H3,(H,26,28)/t18-,22+/m1/s1. The van der Waals surface area contributed by atoms with Crippen molar-refractivity contribution in [3.05, 3.63) is 76.8 Å². The molecule has 29 heavy (non-hydrogen) atoms. The fraction of sp³-hybridized carbons (Fsp3) is 0.333. The van der Waals surface area contributed by atoms with Gasteiger partial charge in [-0.2, -0.15) is 0 Å². The second-order valence-corrected chi connectivity index (χ2v) is 8.88. The molecule has 2 heterocycles. The number of hydrogen-bond acceptors (Lipinski definition) is 4. The highest BCUT2D eigenvalue weighted by molar-refractivity contribution is 7.13. The topological polar surface area (TPSA) is 45.2 Å². The summed E-state index contributed by atoms with van der Waals surface area (Å²) in [6.07, 6.45) is 0.338. The first-order valence-corrected chi connectivity index (χ1v) is 11.0. The van der Waals surface area contributed by atoms with Crippen LogP contribution in [0.2, 0.25) is 0 Å². The van der Waals surface area contributed by atoms with Crippen molar-refractivity contribution in [3.63, 3.8) is 0 Å². The molecule has 4 rings (SSSR count). The highest BCUT2D eigenvalue weighted by Gasteiger charge is 2.30. The van der Waals surface area contributed by atoms with Crippen LogP contribution < -0.4 is 5.32 Å². The van der Waals surface area contributed by atoms with E-state index in [1.165, 1.54) is 11.1 Å². The molecule has 0 spiro atoms. The van der Waals surface area contributed by atoms with E-state index in [0.717, 1.165) is 35.9 Å². The number of benzene rings is 2. The highest BCUT2D eigenvalue weighted by Crippen LogP contribution is 2.25. The molecule has 1 aliphatic heterocycles. The summed E-state index contributed by atoms with van der Waals surface area (Å²) in [7, 11) is 0. The molecule has 0 aliphatic carbocycles. The molecule has 2 aromatic carbocycles. The van der Waals surface area contributed by atoms with Crippen LogP contribution in [0.25, 0.3) is 10.6 Å². The highest BCUT2D eigenvalue weighted by atomic mass is 32.1. The molecule has 0 unspecified atom stereocenters. The summed E-state index contributed by atoms with van der Waals surface area (Å²) in [5, 5.41) is 6.20. The molecule has 0 bridgehead atoms. The number of aryl methyl sites for hydroxylation is 1. The molecular weight excluding hydrogens is 378 g/mol. The molecule has 150 valence electrons. The first-order valence-electron chi connectivity index (χ1n) is 10.1. The van der Waals surface area contributed by atoms with Gasteiger partial charge in [0.15, 0.2) is 0 Å². The summed E-state index contributed by atoms with van der Waals surface area (Å²) >= 11 is 1.60. The number of likely N-dealkylation sites (tertiary alicyclic amines) is 1. The maximum Gasteiger partial charge on any atom is 0.226 e. The van der Waals surface area contributed by atoms with E-state index in [1.54, 1.807) is 11.3 Å². The van der Waals surface area contributed by atoms with Crippen molar-refractivity contribution in [3.8, 4) is 10.6 Å². The Labute approximate surface area is 176 Å². The predicted molar refractivity (Wildman–Crippen MR) is 119 cm³/mol. The summed E-state index contributed by atoms with van der Waals surface area (Å²) in [6.45, 7) is 7.13. The smallest absolute Gasteiger partial charge is 0.226 e. The fourth-order valence-corrected chi connectivity index (χ4v) is 4.76. The number of carbonyl (C=O) groups excluding carboxylic acids is 1. The maximum absolute atomic E-state index is 12.6. The molecule has 4 nitrogen and oxygen atoms in total. The summed E-state index contributed by atoms with van der Waals surface area (Å²) < 4.78 is 0. The van der Waals surface area contributed by atoms with Crippen LogP contribution in [0, 0.1) is 12.8 Å². The quantitative estimate of drug-likeness (QED) is 0.665. The lowest BCUT2D eigenvalue weighted by molar-refractivity contribution is -0.121. The van der Waals surface area contributed by atoms with Crippen LogP contribution in [0.3, 0.4) is 0 Å². The van der Waals surface area contributed by atoms with Gasteiger partial charge >= 0.3 is 0 Å². The third kappa shape index (κ3) is 5.11. The van der Waals surface area contributed by atoms with Crippen LogP contribution in [0.1, 0.15) is 23.7 Å². The van der Waals surface area contributed by atoms with Gasteiger partial charge in [-0.25, -0.2) is 4.98 Å². The Kier molecular flexibility index (Phi) is 6.07. The number of hydrogen-bond donors (Lipinski definition) is 1. The number of nitrogens with one attached hydrogen (secondary N) is 1. The summed E-state index contributed by atoms with van der Waals surface area (Å²) in [5.41, 5.74) is 4.49. The van der Waals surface area contributed by atoms with Crippen LogP contribution in [-0.4, -0.2) is 34.9 Å². The van der Waals surface area contributed by atoms with Crippen molar-refractivity contribution in [1.29, 1.82) is 0 Å². The van der Waals surface area contributed by atoms with Gasteiger partial charge in [-0.1, -0.05) is 61.0 Å². The van der Waals surface area contributed by atoms with E-state index in [9.17, 15) is 4.79 Å².